The van der Waals surface area contributed by atoms with Gasteiger partial charge in [0, 0.05) is 10.7 Å². The Balaban J connectivity index is 1.74. The molecule has 0 atom stereocenters. The number of rotatable bonds is 8. The van der Waals surface area contributed by atoms with E-state index in [4.69, 9.17) is 11.6 Å². The van der Waals surface area contributed by atoms with Crippen molar-refractivity contribution < 1.29 is 21.6 Å². The fourth-order valence-corrected chi connectivity index (χ4v) is 5.41. The van der Waals surface area contributed by atoms with E-state index in [9.17, 15) is 21.6 Å². The van der Waals surface area contributed by atoms with Gasteiger partial charge < -0.3 is 5.32 Å². The summed E-state index contributed by atoms with van der Waals surface area (Å²) in [5, 5.41) is 3.04. The molecular weight excluding hydrogens is 498 g/mol. The van der Waals surface area contributed by atoms with Gasteiger partial charge in [0.2, 0.25) is 15.9 Å². The van der Waals surface area contributed by atoms with Crippen molar-refractivity contribution >= 4 is 54.6 Å². The Morgan fingerprint density at radius 1 is 0.912 bits per heavy atom. The first-order chi connectivity index (χ1) is 15.9. The lowest BCUT2D eigenvalue weighted by molar-refractivity contribution is -0.114. The number of hydrogen-bond acceptors (Lipinski definition) is 5. The van der Waals surface area contributed by atoms with E-state index in [1.165, 1.54) is 24.3 Å². The highest BCUT2D eigenvalue weighted by atomic mass is 35.5. The number of aryl methyl sites for hydroxylation is 1. The first kappa shape index (κ1) is 25.5. The van der Waals surface area contributed by atoms with Crippen LogP contribution in [0.3, 0.4) is 0 Å². The Labute approximate surface area is 204 Å². The van der Waals surface area contributed by atoms with Crippen LogP contribution in [0.4, 0.5) is 17.1 Å². The molecule has 3 aromatic carbocycles. The average Bonchev–Trinajstić information content (AvgIpc) is 2.75. The smallest absolute Gasteiger partial charge is 0.261 e. The summed E-state index contributed by atoms with van der Waals surface area (Å²) in [4.78, 5) is 12.6. The van der Waals surface area contributed by atoms with E-state index >= 15 is 0 Å². The second-order valence-corrected chi connectivity index (χ2v) is 11.6. The fraction of sp³-hybridized carbons (Fsp3) is 0.174. The van der Waals surface area contributed by atoms with Gasteiger partial charge in [0.05, 0.1) is 22.5 Å². The van der Waals surface area contributed by atoms with Gasteiger partial charge in [0.25, 0.3) is 10.0 Å². The van der Waals surface area contributed by atoms with Gasteiger partial charge in [-0.1, -0.05) is 35.9 Å². The van der Waals surface area contributed by atoms with E-state index in [-0.39, 0.29) is 4.90 Å². The number of para-hydroxylation sites is 1. The molecule has 0 bridgehead atoms. The number of amides is 1. The van der Waals surface area contributed by atoms with E-state index in [1.54, 1.807) is 56.3 Å². The molecular formula is C23H24ClN3O5S2. The molecule has 0 radical (unpaired) electrons. The number of carbonyl (C=O) groups is 1. The maximum atomic E-state index is 12.7. The van der Waals surface area contributed by atoms with Crippen molar-refractivity contribution in [2.45, 2.75) is 18.7 Å². The SMILES string of the molecule is Cc1ccccc1N(CC(=O)Nc1ccc(S(=O)(=O)Nc2cccc(Cl)c2C)cc1)S(C)(=O)=O. The van der Waals surface area contributed by atoms with Gasteiger partial charge in [-0.15, -0.1) is 0 Å². The first-order valence-electron chi connectivity index (χ1n) is 10.1. The van der Waals surface area contributed by atoms with E-state index < -0.39 is 32.5 Å². The summed E-state index contributed by atoms with van der Waals surface area (Å²) in [5.41, 5.74) is 2.39. The van der Waals surface area contributed by atoms with E-state index in [1.807, 2.05) is 0 Å². The zero-order chi connectivity index (χ0) is 25.1. The predicted molar refractivity (Wildman–Crippen MR) is 135 cm³/mol. The van der Waals surface area contributed by atoms with E-state index in [2.05, 4.69) is 10.0 Å². The van der Waals surface area contributed by atoms with Gasteiger partial charge in [0.15, 0.2) is 0 Å². The number of halogens is 1. The van der Waals surface area contributed by atoms with Gasteiger partial charge in [0.1, 0.15) is 6.54 Å². The number of nitrogens with zero attached hydrogens (tertiary/aromatic N) is 1. The van der Waals surface area contributed by atoms with Crippen LogP contribution < -0.4 is 14.3 Å². The van der Waals surface area contributed by atoms with Gasteiger partial charge in [-0.3, -0.25) is 13.8 Å². The lowest BCUT2D eigenvalue weighted by atomic mass is 10.2. The van der Waals surface area contributed by atoms with Crippen LogP contribution in [0.25, 0.3) is 0 Å². The monoisotopic (exact) mass is 521 g/mol. The van der Waals surface area contributed by atoms with Gasteiger partial charge in [-0.2, -0.15) is 0 Å². The molecule has 2 N–H and O–H groups in total. The molecule has 0 aliphatic heterocycles. The van der Waals surface area contributed by atoms with Crippen molar-refractivity contribution in [2.24, 2.45) is 0 Å². The summed E-state index contributed by atoms with van der Waals surface area (Å²) in [6.45, 7) is 3.03. The fourth-order valence-electron chi connectivity index (χ4n) is 3.19. The number of carbonyl (C=O) groups excluding carboxylic acids is 1. The Morgan fingerprint density at radius 3 is 2.18 bits per heavy atom. The quantitative estimate of drug-likeness (QED) is 0.462. The third-order valence-corrected chi connectivity index (χ3v) is 7.95. The predicted octanol–water partition coefficient (Wildman–Crippen LogP) is 4.16. The summed E-state index contributed by atoms with van der Waals surface area (Å²) in [7, 11) is -7.60. The minimum atomic E-state index is -3.89. The molecule has 0 aliphatic rings. The van der Waals surface area contributed by atoms with Crippen LogP contribution in [-0.4, -0.2) is 35.5 Å². The third-order valence-electron chi connectivity index (χ3n) is 5.03. The molecule has 0 saturated carbocycles. The lowest BCUT2D eigenvalue weighted by Gasteiger charge is -2.23. The maximum Gasteiger partial charge on any atom is 0.261 e. The summed E-state index contributed by atoms with van der Waals surface area (Å²) < 4.78 is 53.5. The van der Waals surface area contributed by atoms with Crippen LogP contribution in [0, 0.1) is 13.8 Å². The molecule has 3 aromatic rings. The van der Waals surface area contributed by atoms with Crippen molar-refractivity contribution in [2.75, 3.05) is 27.1 Å². The Bertz CT molecular complexity index is 1420. The third kappa shape index (κ3) is 6.07. The van der Waals surface area contributed by atoms with Gasteiger partial charge in [-0.25, -0.2) is 16.8 Å². The molecule has 0 spiro atoms. The number of sulfonamides is 2. The summed E-state index contributed by atoms with van der Waals surface area (Å²) >= 11 is 6.05. The molecule has 180 valence electrons. The van der Waals surface area contributed by atoms with Crippen LogP contribution in [0.15, 0.2) is 71.6 Å². The first-order valence-corrected chi connectivity index (χ1v) is 13.8. The van der Waals surface area contributed by atoms with Crippen molar-refractivity contribution in [3.8, 4) is 0 Å². The number of anilines is 3. The van der Waals surface area contributed by atoms with Crippen LogP contribution in [0.2, 0.25) is 5.02 Å². The molecule has 11 heteroatoms. The van der Waals surface area contributed by atoms with Crippen molar-refractivity contribution in [1.29, 1.82) is 0 Å². The molecule has 3 rings (SSSR count). The lowest BCUT2D eigenvalue weighted by Crippen LogP contribution is -2.37. The molecule has 0 fully saturated rings. The number of nitrogens with one attached hydrogen (secondary N) is 2. The van der Waals surface area contributed by atoms with Crippen LogP contribution >= 0.6 is 11.6 Å². The zero-order valence-corrected chi connectivity index (χ0v) is 21.1. The standard InChI is InChI=1S/C23H24ClN3O5S2/c1-16-7-4-5-10-22(16)27(33(3,29)30)15-23(28)25-18-11-13-19(14-12-18)34(31,32)26-21-9-6-8-20(24)17(21)2/h4-14,26H,15H2,1-3H3,(H,25,28). The molecule has 0 saturated heterocycles. The second kappa shape index (κ2) is 10.0. The van der Waals surface area contributed by atoms with Crippen LogP contribution in [0.5, 0.6) is 0 Å². The second-order valence-electron chi connectivity index (χ2n) is 7.65. The minimum Gasteiger partial charge on any atom is -0.325 e. The molecule has 34 heavy (non-hydrogen) atoms. The molecule has 0 heterocycles. The summed E-state index contributed by atoms with van der Waals surface area (Å²) in [6.07, 6.45) is 1.03. The Hall–Kier alpha value is -3.08. The van der Waals surface area contributed by atoms with Crippen LogP contribution in [0.1, 0.15) is 11.1 Å². The summed E-state index contributed by atoms with van der Waals surface area (Å²) in [5.74, 6) is -0.572. The number of hydrogen-bond donors (Lipinski definition) is 2. The number of benzene rings is 3. The van der Waals surface area contributed by atoms with E-state index in [0.29, 0.717) is 33.2 Å². The molecule has 8 nitrogen and oxygen atoms in total. The minimum absolute atomic E-state index is 0.0115. The molecule has 0 aliphatic carbocycles. The highest BCUT2D eigenvalue weighted by molar-refractivity contribution is 7.92. The average molecular weight is 522 g/mol. The Morgan fingerprint density at radius 2 is 1.56 bits per heavy atom. The van der Waals surface area contributed by atoms with Crippen molar-refractivity contribution in [1.82, 2.24) is 0 Å². The zero-order valence-electron chi connectivity index (χ0n) is 18.7. The van der Waals surface area contributed by atoms with Crippen LogP contribution in [-0.2, 0) is 24.8 Å². The highest BCUT2D eigenvalue weighted by Gasteiger charge is 2.22. The van der Waals surface area contributed by atoms with Crippen molar-refractivity contribution in [3.05, 3.63) is 82.9 Å². The van der Waals surface area contributed by atoms with E-state index in [0.717, 1.165) is 10.6 Å². The largest absolute Gasteiger partial charge is 0.325 e. The molecule has 1 amide bonds. The summed E-state index contributed by atoms with van der Waals surface area (Å²) in [6, 6.07) is 17.3. The molecule has 0 unspecified atom stereocenters. The van der Waals surface area contributed by atoms with Crippen molar-refractivity contribution in [3.63, 3.8) is 0 Å². The topological polar surface area (TPSA) is 113 Å². The highest BCUT2D eigenvalue weighted by Crippen LogP contribution is 2.26. The van der Waals surface area contributed by atoms with Gasteiger partial charge >= 0.3 is 0 Å². The van der Waals surface area contributed by atoms with Gasteiger partial charge in [-0.05, 0) is 67.4 Å². The maximum absolute atomic E-state index is 12.7. The molecule has 0 aromatic heterocycles. The Kier molecular flexibility index (Phi) is 7.54. The normalized spacial score (nSPS) is 11.6.